The number of carbonyl (C=O) groups is 1. The number of rotatable bonds is 8. The number of aliphatic hydroxyl groups is 1. The largest absolute Gasteiger partial charge is 0.467 e. The third kappa shape index (κ3) is 5.01. The van der Waals surface area contributed by atoms with E-state index in [1.807, 2.05) is 0 Å². The van der Waals surface area contributed by atoms with Gasteiger partial charge in [0.25, 0.3) is 0 Å². The molecule has 0 spiro atoms. The number of furan rings is 1. The van der Waals surface area contributed by atoms with E-state index in [0.717, 1.165) is 25.8 Å². The molecule has 5 nitrogen and oxygen atoms in total. The fourth-order valence-corrected chi connectivity index (χ4v) is 1.45. The lowest BCUT2D eigenvalue weighted by atomic mass is 10.2. The van der Waals surface area contributed by atoms with Crippen molar-refractivity contribution in [3.05, 3.63) is 23.7 Å². The summed E-state index contributed by atoms with van der Waals surface area (Å²) in [5, 5.41) is 11.8. The molecule has 0 aliphatic rings. The van der Waals surface area contributed by atoms with Gasteiger partial charge in [0.2, 0.25) is 0 Å². The average molecular weight is 241 g/mol. The molecule has 0 aliphatic heterocycles. The number of aliphatic hydroxyl groups excluding tert-OH is 1. The molecule has 1 heterocycles. The highest BCUT2D eigenvalue weighted by Gasteiger charge is 2.09. The van der Waals surface area contributed by atoms with Crippen LogP contribution in [0.3, 0.4) is 0 Å². The zero-order valence-electron chi connectivity index (χ0n) is 10.1. The second-order valence-corrected chi connectivity index (χ2v) is 3.75. The highest BCUT2D eigenvalue weighted by Crippen LogP contribution is 2.08. The van der Waals surface area contributed by atoms with Gasteiger partial charge in [-0.2, -0.15) is 0 Å². The van der Waals surface area contributed by atoms with Gasteiger partial charge in [-0.25, -0.2) is 4.79 Å². The quantitative estimate of drug-likeness (QED) is 0.530. The van der Waals surface area contributed by atoms with E-state index in [2.05, 4.69) is 10.1 Å². The number of unbranched alkanes of at least 4 members (excludes halogenated alkanes) is 2. The highest BCUT2D eigenvalue weighted by molar-refractivity contribution is 5.88. The topological polar surface area (TPSA) is 71.7 Å². The Morgan fingerprint density at radius 3 is 3.00 bits per heavy atom. The lowest BCUT2D eigenvalue weighted by Gasteiger charge is -2.01. The molecule has 96 valence electrons. The summed E-state index contributed by atoms with van der Waals surface area (Å²) >= 11 is 0. The first-order chi connectivity index (χ1) is 8.27. The second-order valence-electron chi connectivity index (χ2n) is 3.75. The van der Waals surface area contributed by atoms with Crippen molar-refractivity contribution in [3.8, 4) is 0 Å². The van der Waals surface area contributed by atoms with E-state index in [1.54, 1.807) is 6.07 Å². The normalized spacial score (nSPS) is 10.5. The van der Waals surface area contributed by atoms with Crippen molar-refractivity contribution in [1.29, 1.82) is 0 Å². The number of ether oxygens (including phenoxy) is 1. The van der Waals surface area contributed by atoms with Crippen LogP contribution in [0.1, 0.15) is 35.4 Å². The van der Waals surface area contributed by atoms with E-state index in [9.17, 15) is 4.79 Å². The van der Waals surface area contributed by atoms with Gasteiger partial charge in [-0.1, -0.05) is 0 Å². The van der Waals surface area contributed by atoms with E-state index in [-0.39, 0.29) is 12.6 Å². The molecule has 5 heteroatoms. The fourth-order valence-electron chi connectivity index (χ4n) is 1.45. The Morgan fingerprint density at radius 2 is 2.29 bits per heavy atom. The van der Waals surface area contributed by atoms with E-state index in [4.69, 9.17) is 9.52 Å². The van der Waals surface area contributed by atoms with Crippen molar-refractivity contribution in [2.45, 2.75) is 25.8 Å². The van der Waals surface area contributed by atoms with Gasteiger partial charge in [0.15, 0.2) is 0 Å². The maximum atomic E-state index is 11.1. The van der Waals surface area contributed by atoms with Crippen LogP contribution in [0.5, 0.6) is 0 Å². The Hall–Kier alpha value is -1.33. The average Bonchev–Trinajstić information content (AvgIpc) is 2.81. The van der Waals surface area contributed by atoms with Gasteiger partial charge in [-0.3, -0.25) is 0 Å². The maximum absolute atomic E-state index is 11.1. The predicted octanol–water partition coefficient (Wildman–Crippen LogP) is 1.32. The van der Waals surface area contributed by atoms with Gasteiger partial charge in [0.1, 0.15) is 12.0 Å². The Balaban J connectivity index is 2.19. The molecular formula is C12H19NO4. The van der Waals surface area contributed by atoms with E-state index >= 15 is 0 Å². The number of esters is 1. The predicted molar refractivity (Wildman–Crippen MR) is 62.7 cm³/mol. The molecule has 0 unspecified atom stereocenters. The van der Waals surface area contributed by atoms with Crippen LogP contribution in [0.15, 0.2) is 16.7 Å². The molecule has 1 aromatic heterocycles. The molecule has 1 rings (SSSR count). The molecule has 2 N–H and O–H groups in total. The van der Waals surface area contributed by atoms with Crippen LogP contribution in [0.2, 0.25) is 0 Å². The molecular weight excluding hydrogens is 222 g/mol. The van der Waals surface area contributed by atoms with Crippen LogP contribution in [0.4, 0.5) is 0 Å². The third-order valence-electron chi connectivity index (χ3n) is 2.39. The van der Waals surface area contributed by atoms with Crippen molar-refractivity contribution in [1.82, 2.24) is 5.32 Å². The highest BCUT2D eigenvalue weighted by atomic mass is 16.5. The zero-order chi connectivity index (χ0) is 12.5. The minimum absolute atomic E-state index is 0.251. The summed E-state index contributed by atoms with van der Waals surface area (Å²) in [6, 6.07) is 1.67. The monoisotopic (exact) mass is 241 g/mol. The van der Waals surface area contributed by atoms with Gasteiger partial charge in [0, 0.05) is 6.61 Å². The summed E-state index contributed by atoms with van der Waals surface area (Å²) < 4.78 is 9.79. The Morgan fingerprint density at radius 1 is 1.47 bits per heavy atom. The van der Waals surface area contributed by atoms with Crippen LogP contribution in [0.25, 0.3) is 0 Å². The molecule has 0 aromatic carbocycles. The summed E-state index contributed by atoms with van der Waals surface area (Å²) in [6.45, 7) is 1.71. The van der Waals surface area contributed by atoms with Crippen LogP contribution >= 0.6 is 0 Å². The zero-order valence-corrected chi connectivity index (χ0v) is 10.1. The number of hydrogen-bond acceptors (Lipinski definition) is 5. The van der Waals surface area contributed by atoms with Crippen LogP contribution < -0.4 is 5.32 Å². The first-order valence-corrected chi connectivity index (χ1v) is 5.75. The van der Waals surface area contributed by atoms with Crippen molar-refractivity contribution >= 4 is 5.97 Å². The summed E-state index contributed by atoms with van der Waals surface area (Å²) in [5.41, 5.74) is 0.435. The summed E-state index contributed by atoms with van der Waals surface area (Å²) in [6.07, 6.45) is 4.27. The maximum Gasteiger partial charge on any atom is 0.341 e. The fraction of sp³-hybridized carbons (Fsp3) is 0.583. The van der Waals surface area contributed by atoms with Crippen molar-refractivity contribution in [2.75, 3.05) is 20.3 Å². The molecule has 1 aromatic rings. The van der Waals surface area contributed by atoms with Crippen LogP contribution in [-0.4, -0.2) is 31.3 Å². The summed E-state index contributed by atoms with van der Waals surface area (Å²) in [5.74, 6) is 0.329. The lowest BCUT2D eigenvalue weighted by Crippen LogP contribution is -2.14. The van der Waals surface area contributed by atoms with Gasteiger partial charge in [-0.05, 0) is 31.9 Å². The third-order valence-corrected chi connectivity index (χ3v) is 2.39. The molecule has 0 radical (unpaired) electrons. The Bertz CT molecular complexity index is 335. The summed E-state index contributed by atoms with van der Waals surface area (Å²) in [7, 11) is 1.34. The first-order valence-electron chi connectivity index (χ1n) is 5.75. The van der Waals surface area contributed by atoms with E-state index < -0.39 is 0 Å². The van der Waals surface area contributed by atoms with Crippen molar-refractivity contribution < 1.29 is 19.1 Å². The molecule has 0 amide bonds. The number of nitrogens with one attached hydrogen (secondary N) is 1. The smallest absolute Gasteiger partial charge is 0.341 e. The van der Waals surface area contributed by atoms with Gasteiger partial charge in [0.05, 0.1) is 19.2 Å². The number of carbonyl (C=O) groups excluding carboxylic acids is 1. The van der Waals surface area contributed by atoms with Crippen molar-refractivity contribution in [2.24, 2.45) is 0 Å². The second kappa shape index (κ2) is 7.86. The van der Waals surface area contributed by atoms with Gasteiger partial charge in [-0.15, -0.1) is 0 Å². The van der Waals surface area contributed by atoms with Crippen LogP contribution in [0, 0.1) is 0 Å². The molecule has 0 atom stereocenters. The number of methoxy groups -OCH3 is 1. The Labute approximate surface area is 101 Å². The number of hydrogen-bond donors (Lipinski definition) is 2. The Kier molecular flexibility index (Phi) is 6.35. The van der Waals surface area contributed by atoms with Gasteiger partial charge < -0.3 is 19.6 Å². The summed E-state index contributed by atoms with van der Waals surface area (Å²) in [4.78, 5) is 11.1. The minimum atomic E-state index is -0.386. The van der Waals surface area contributed by atoms with Gasteiger partial charge >= 0.3 is 5.97 Å². The first kappa shape index (κ1) is 13.7. The van der Waals surface area contributed by atoms with Crippen LogP contribution in [-0.2, 0) is 11.3 Å². The molecule has 0 saturated heterocycles. The molecule has 0 bridgehead atoms. The SMILES string of the molecule is COC(=O)c1coc(CNCCCCCO)c1. The molecule has 0 aliphatic carbocycles. The standard InChI is InChI=1S/C12H19NO4/c1-16-12(15)10-7-11(17-9-10)8-13-5-3-2-4-6-14/h7,9,13-14H,2-6,8H2,1H3. The molecule has 17 heavy (non-hydrogen) atoms. The van der Waals surface area contributed by atoms with Crippen molar-refractivity contribution in [3.63, 3.8) is 0 Å². The molecule has 0 fully saturated rings. The minimum Gasteiger partial charge on any atom is -0.467 e. The van der Waals surface area contributed by atoms with E-state index in [1.165, 1.54) is 13.4 Å². The molecule has 0 saturated carbocycles. The lowest BCUT2D eigenvalue weighted by molar-refractivity contribution is 0.0600. The van der Waals surface area contributed by atoms with E-state index in [0.29, 0.717) is 17.9 Å².